The summed E-state index contributed by atoms with van der Waals surface area (Å²) in [4.78, 5) is 4.12. The molecule has 94 valence electrons. The van der Waals surface area contributed by atoms with Crippen LogP contribution in [0.3, 0.4) is 0 Å². The smallest absolute Gasteiger partial charge is 0.123 e. The Kier molecular flexibility index (Phi) is 4.42. The van der Waals surface area contributed by atoms with E-state index in [9.17, 15) is 0 Å². The Morgan fingerprint density at radius 3 is 2.72 bits per heavy atom. The number of nitrogens with two attached hydrogens (primary N) is 1. The summed E-state index contributed by atoms with van der Waals surface area (Å²) in [7, 11) is 0. The molecule has 18 heavy (non-hydrogen) atoms. The fourth-order valence-corrected chi connectivity index (χ4v) is 1.87. The van der Waals surface area contributed by atoms with E-state index in [2.05, 4.69) is 4.98 Å². The number of benzene rings is 1. The Hall–Kier alpha value is -1.29. The van der Waals surface area contributed by atoms with Gasteiger partial charge in [0, 0.05) is 5.02 Å². The van der Waals surface area contributed by atoms with Gasteiger partial charge in [0.05, 0.1) is 23.9 Å². The topological polar surface area (TPSA) is 48.1 Å². The van der Waals surface area contributed by atoms with Crippen molar-refractivity contribution in [2.24, 2.45) is 0 Å². The number of aromatic nitrogens is 1. The molecule has 2 rings (SSSR count). The standard InChI is InChI=1S/C13H12Cl2N2O/c14-10-3-1-2-9(6-10)7-18-8-12-11(15)4-5-13(16)17-12/h1-6H,7-8H2,(H2,16,17). The molecular weight excluding hydrogens is 271 g/mol. The lowest BCUT2D eigenvalue weighted by molar-refractivity contribution is 0.105. The second kappa shape index (κ2) is 6.05. The van der Waals surface area contributed by atoms with Crippen molar-refractivity contribution < 1.29 is 4.74 Å². The largest absolute Gasteiger partial charge is 0.384 e. The zero-order chi connectivity index (χ0) is 13.0. The van der Waals surface area contributed by atoms with Gasteiger partial charge in [-0.05, 0) is 29.8 Å². The van der Waals surface area contributed by atoms with Crippen LogP contribution in [0.25, 0.3) is 0 Å². The molecule has 0 unspecified atom stereocenters. The van der Waals surface area contributed by atoms with Gasteiger partial charge in [-0.3, -0.25) is 0 Å². The number of nitrogen functional groups attached to an aromatic ring is 1. The Morgan fingerprint density at radius 1 is 1.11 bits per heavy atom. The van der Waals surface area contributed by atoms with Gasteiger partial charge in [0.2, 0.25) is 0 Å². The van der Waals surface area contributed by atoms with Crippen molar-refractivity contribution in [3.63, 3.8) is 0 Å². The second-order valence-corrected chi connectivity index (χ2v) is 4.63. The van der Waals surface area contributed by atoms with Gasteiger partial charge in [-0.25, -0.2) is 4.98 Å². The molecule has 0 aliphatic rings. The average molecular weight is 283 g/mol. The molecule has 1 heterocycles. The van der Waals surface area contributed by atoms with E-state index in [4.69, 9.17) is 33.7 Å². The van der Waals surface area contributed by atoms with Crippen molar-refractivity contribution in [3.8, 4) is 0 Å². The number of ether oxygens (including phenoxy) is 1. The first-order valence-electron chi connectivity index (χ1n) is 5.38. The summed E-state index contributed by atoms with van der Waals surface area (Å²) in [6, 6.07) is 10.9. The lowest BCUT2D eigenvalue weighted by Crippen LogP contribution is -2.00. The van der Waals surface area contributed by atoms with Crippen LogP contribution < -0.4 is 5.73 Å². The molecule has 2 N–H and O–H groups in total. The normalized spacial score (nSPS) is 10.6. The van der Waals surface area contributed by atoms with Crippen molar-refractivity contribution in [2.45, 2.75) is 13.2 Å². The van der Waals surface area contributed by atoms with Crippen LogP contribution in [0.4, 0.5) is 5.82 Å². The minimum atomic E-state index is 0.316. The Balaban J connectivity index is 1.94. The average Bonchev–Trinajstić information content (AvgIpc) is 2.34. The van der Waals surface area contributed by atoms with Gasteiger partial charge >= 0.3 is 0 Å². The van der Waals surface area contributed by atoms with E-state index in [1.54, 1.807) is 12.1 Å². The van der Waals surface area contributed by atoms with Crippen LogP contribution in [0.1, 0.15) is 11.3 Å². The summed E-state index contributed by atoms with van der Waals surface area (Å²) in [5.74, 6) is 0.431. The minimum absolute atomic E-state index is 0.316. The molecule has 0 amide bonds. The highest BCUT2D eigenvalue weighted by Crippen LogP contribution is 2.17. The Morgan fingerprint density at radius 2 is 1.94 bits per heavy atom. The van der Waals surface area contributed by atoms with Crippen LogP contribution in [0, 0.1) is 0 Å². The van der Waals surface area contributed by atoms with Crippen LogP contribution in [0.5, 0.6) is 0 Å². The summed E-state index contributed by atoms with van der Waals surface area (Å²) in [5.41, 5.74) is 7.23. The first kappa shape index (κ1) is 13.1. The maximum atomic E-state index is 5.98. The van der Waals surface area contributed by atoms with Crippen molar-refractivity contribution >= 4 is 29.0 Å². The number of rotatable bonds is 4. The molecule has 2 aromatic rings. The number of halogens is 2. The van der Waals surface area contributed by atoms with Crippen molar-refractivity contribution in [1.82, 2.24) is 4.98 Å². The molecule has 1 aromatic carbocycles. The summed E-state index contributed by atoms with van der Waals surface area (Å²) >= 11 is 11.9. The van der Waals surface area contributed by atoms with Crippen molar-refractivity contribution in [3.05, 3.63) is 57.7 Å². The van der Waals surface area contributed by atoms with E-state index in [0.29, 0.717) is 34.8 Å². The highest BCUT2D eigenvalue weighted by molar-refractivity contribution is 6.31. The lowest BCUT2D eigenvalue weighted by atomic mass is 10.2. The molecule has 3 nitrogen and oxygen atoms in total. The van der Waals surface area contributed by atoms with Gasteiger partial charge in [-0.2, -0.15) is 0 Å². The zero-order valence-electron chi connectivity index (χ0n) is 9.57. The monoisotopic (exact) mass is 282 g/mol. The van der Waals surface area contributed by atoms with Crippen LogP contribution in [-0.2, 0) is 18.0 Å². The third kappa shape index (κ3) is 3.60. The highest BCUT2D eigenvalue weighted by Gasteiger charge is 2.03. The molecule has 0 aliphatic carbocycles. The SMILES string of the molecule is Nc1ccc(Cl)c(COCc2cccc(Cl)c2)n1. The molecular formula is C13H12Cl2N2O. The van der Waals surface area contributed by atoms with E-state index >= 15 is 0 Å². The van der Waals surface area contributed by atoms with E-state index < -0.39 is 0 Å². The van der Waals surface area contributed by atoms with Crippen LogP contribution >= 0.6 is 23.2 Å². The van der Waals surface area contributed by atoms with Crippen molar-refractivity contribution in [2.75, 3.05) is 5.73 Å². The summed E-state index contributed by atoms with van der Waals surface area (Å²) in [5, 5.41) is 1.24. The maximum Gasteiger partial charge on any atom is 0.123 e. The predicted octanol–water partition coefficient (Wildman–Crippen LogP) is 3.69. The van der Waals surface area contributed by atoms with Gasteiger partial charge in [0.15, 0.2) is 0 Å². The molecule has 0 saturated heterocycles. The van der Waals surface area contributed by atoms with Gasteiger partial charge in [0.1, 0.15) is 5.82 Å². The molecule has 0 radical (unpaired) electrons. The first-order valence-corrected chi connectivity index (χ1v) is 6.14. The Labute approximate surface area is 115 Å². The molecule has 1 aromatic heterocycles. The first-order chi connectivity index (χ1) is 8.65. The number of nitrogens with zero attached hydrogens (tertiary/aromatic N) is 1. The van der Waals surface area contributed by atoms with Crippen LogP contribution in [0.2, 0.25) is 10.0 Å². The number of anilines is 1. The van der Waals surface area contributed by atoms with Gasteiger partial charge in [-0.15, -0.1) is 0 Å². The fourth-order valence-electron chi connectivity index (χ4n) is 1.49. The second-order valence-electron chi connectivity index (χ2n) is 3.79. The van der Waals surface area contributed by atoms with Crippen LogP contribution in [-0.4, -0.2) is 4.98 Å². The molecule has 0 aliphatic heterocycles. The van der Waals surface area contributed by atoms with Gasteiger partial charge in [-0.1, -0.05) is 35.3 Å². The number of hydrogen-bond donors (Lipinski definition) is 1. The zero-order valence-corrected chi connectivity index (χ0v) is 11.1. The molecule has 0 bridgehead atoms. The molecule has 0 spiro atoms. The third-order valence-corrected chi connectivity index (χ3v) is 2.92. The molecule has 0 saturated carbocycles. The predicted molar refractivity (Wildman–Crippen MR) is 73.6 cm³/mol. The lowest BCUT2D eigenvalue weighted by Gasteiger charge is -2.06. The third-order valence-electron chi connectivity index (χ3n) is 2.34. The number of pyridine rings is 1. The van der Waals surface area contributed by atoms with Crippen LogP contribution in [0.15, 0.2) is 36.4 Å². The highest BCUT2D eigenvalue weighted by atomic mass is 35.5. The van der Waals surface area contributed by atoms with Gasteiger partial charge < -0.3 is 10.5 Å². The summed E-state index contributed by atoms with van der Waals surface area (Å²) in [6.45, 7) is 0.768. The maximum absolute atomic E-state index is 5.98. The molecule has 0 fully saturated rings. The van der Waals surface area contributed by atoms with E-state index in [-0.39, 0.29) is 0 Å². The Bertz CT molecular complexity index is 546. The van der Waals surface area contributed by atoms with Gasteiger partial charge in [0.25, 0.3) is 0 Å². The molecule has 0 atom stereocenters. The fraction of sp³-hybridized carbons (Fsp3) is 0.154. The van der Waals surface area contributed by atoms with Crippen molar-refractivity contribution in [1.29, 1.82) is 0 Å². The summed E-state index contributed by atoms with van der Waals surface area (Å²) < 4.78 is 5.54. The van der Waals surface area contributed by atoms with E-state index in [1.165, 1.54) is 0 Å². The van der Waals surface area contributed by atoms with E-state index in [0.717, 1.165) is 5.56 Å². The molecule has 5 heteroatoms. The number of hydrogen-bond acceptors (Lipinski definition) is 3. The summed E-state index contributed by atoms with van der Waals surface area (Å²) in [6.07, 6.45) is 0. The van der Waals surface area contributed by atoms with E-state index in [1.807, 2.05) is 24.3 Å². The minimum Gasteiger partial charge on any atom is -0.384 e. The quantitative estimate of drug-likeness (QED) is 0.931.